The summed E-state index contributed by atoms with van der Waals surface area (Å²) in [7, 11) is 0. The number of nitrogens with zero attached hydrogens (tertiary/aromatic N) is 1. The third-order valence-corrected chi connectivity index (χ3v) is 3.40. The van der Waals surface area contributed by atoms with E-state index in [1.807, 2.05) is 0 Å². The van der Waals surface area contributed by atoms with Gasteiger partial charge in [0.25, 0.3) is 0 Å². The van der Waals surface area contributed by atoms with E-state index in [0.29, 0.717) is 11.1 Å². The Labute approximate surface area is 128 Å². The number of benzene rings is 2. The first-order valence-corrected chi connectivity index (χ1v) is 7.02. The molecule has 0 unspecified atom stereocenters. The van der Waals surface area contributed by atoms with E-state index in [1.54, 1.807) is 48.5 Å². The van der Waals surface area contributed by atoms with Crippen molar-refractivity contribution in [2.24, 2.45) is 0 Å². The first-order chi connectivity index (χ1) is 10.1. The zero-order valence-corrected chi connectivity index (χ0v) is 12.1. The largest absolute Gasteiger partial charge is 0.508 e. The van der Waals surface area contributed by atoms with Crippen LogP contribution in [0.1, 0.15) is 11.1 Å². The van der Waals surface area contributed by atoms with Gasteiger partial charge in [-0.1, -0.05) is 36.4 Å². The summed E-state index contributed by atoms with van der Waals surface area (Å²) in [6.07, 6.45) is 0. The molecule has 1 amide bonds. The molecule has 0 fully saturated rings. The minimum atomic E-state index is -0.261. The van der Waals surface area contributed by atoms with Crippen LogP contribution < -0.4 is 0 Å². The minimum Gasteiger partial charge on any atom is -0.508 e. The Balaban J connectivity index is 2.22. The van der Waals surface area contributed by atoms with Crippen LogP contribution in [0.5, 0.6) is 11.5 Å². The van der Waals surface area contributed by atoms with E-state index in [4.69, 9.17) is 11.6 Å². The maximum Gasteiger partial charge on any atom is 0.238 e. The van der Waals surface area contributed by atoms with E-state index >= 15 is 0 Å². The third kappa shape index (κ3) is 3.89. The summed E-state index contributed by atoms with van der Waals surface area (Å²) in [6.45, 7) is 0.457. The number of hydrogen-bond donors (Lipinski definition) is 2. The topological polar surface area (TPSA) is 60.8 Å². The lowest BCUT2D eigenvalue weighted by Gasteiger charge is -2.23. The van der Waals surface area contributed by atoms with Crippen LogP contribution in [-0.4, -0.2) is 26.9 Å². The van der Waals surface area contributed by atoms with Crippen molar-refractivity contribution < 1.29 is 15.0 Å². The van der Waals surface area contributed by atoms with Crippen LogP contribution in [0.4, 0.5) is 0 Å². The molecule has 0 bridgehead atoms. The van der Waals surface area contributed by atoms with E-state index in [2.05, 4.69) is 0 Å². The highest BCUT2D eigenvalue weighted by Crippen LogP contribution is 2.22. The Kier molecular flexibility index (Phi) is 5.06. The van der Waals surface area contributed by atoms with Gasteiger partial charge in [-0.05, 0) is 12.1 Å². The van der Waals surface area contributed by atoms with Crippen molar-refractivity contribution in [2.45, 2.75) is 13.1 Å². The molecule has 0 aliphatic rings. The van der Waals surface area contributed by atoms with Crippen molar-refractivity contribution in [3.05, 3.63) is 59.7 Å². The summed E-state index contributed by atoms with van der Waals surface area (Å²) < 4.78 is 0. The fourth-order valence-electron chi connectivity index (χ4n) is 2.02. The molecule has 0 aliphatic carbocycles. The molecule has 0 saturated carbocycles. The molecule has 0 aromatic heterocycles. The van der Waals surface area contributed by atoms with E-state index in [1.165, 1.54) is 4.90 Å². The highest BCUT2D eigenvalue weighted by atomic mass is 35.5. The predicted octanol–water partition coefficient (Wildman–Crippen LogP) is 2.87. The number of phenolic OH excluding ortho intramolecular Hbond substituents is 2. The number of rotatable bonds is 5. The normalized spacial score (nSPS) is 10.3. The van der Waals surface area contributed by atoms with Crippen molar-refractivity contribution in [3.63, 3.8) is 0 Å². The van der Waals surface area contributed by atoms with Gasteiger partial charge in [-0.3, -0.25) is 4.79 Å². The van der Waals surface area contributed by atoms with Crippen LogP contribution in [0.15, 0.2) is 48.5 Å². The van der Waals surface area contributed by atoms with E-state index in [0.717, 1.165) is 0 Å². The molecule has 21 heavy (non-hydrogen) atoms. The Bertz CT molecular complexity index is 583. The SMILES string of the molecule is O=C(CCl)N(Cc1ccccc1O)Cc1ccccc1O. The van der Waals surface area contributed by atoms with Crippen LogP contribution >= 0.6 is 11.6 Å². The molecule has 2 aromatic rings. The van der Waals surface area contributed by atoms with Crippen molar-refractivity contribution in [2.75, 3.05) is 5.88 Å². The molecule has 5 heteroatoms. The Morgan fingerprint density at radius 2 is 1.33 bits per heavy atom. The number of para-hydroxylation sites is 2. The van der Waals surface area contributed by atoms with Gasteiger partial charge in [0, 0.05) is 24.2 Å². The summed E-state index contributed by atoms with van der Waals surface area (Å²) in [4.78, 5) is 13.5. The van der Waals surface area contributed by atoms with Gasteiger partial charge >= 0.3 is 0 Å². The minimum absolute atomic E-state index is 0.127. The van der Waals surface area contributed by atoms with Gasteiger partial charge in [0.2, 0.25) is 5.91 Å². The van der Waals surface area contributed by atoms with Crippen molar-refractivity contribution in [1.82, 2.24) is 4.90 Å². The lowest BCUT2D eigenvalue weighted by Crippen LogP contribution is -2.31. The maximum atomic E-state index is 12.0. The number of aromatic hydroxyl groups is 2. The molecular formula is C16H16ClNO3. The van der Waals surface area contributed by atoms with Crippen molar-refractivity contribution in [3.8, 4) is 11.5 Å². The molecule has 0 spiro atoms. The third-order valence-electron chi connectivity index (χ3n) is 3.17. The van der Waals surface area contributed by atoms with Gasteiger partial charge in [-0.15, -0.1) is 11.6 Å². The van der Waals surface area contributed by atoms with Gasteiger partial charge in [0.1, 0.15) is 17.4 Å². The summed E-state index contributed by atoms with van der Waals surface area (Å²) in [5, 5.41) is 19.6. The smallest absolute Gasteiger partial charge is 0.238 e. The monoisotopic (exact) mass is 305 g/mol. The number of phenols is 2. The highest BCUT2D eigenvalue weighted by Gasteiger charge is 2.16. The number of amides is 1. The molecule has 0 atom stereocenters. The number of carbonyl (C=O) groups excluding carboxylic acids is 1. The van der Waals surface area contributed by atoms with Crippen molar-refractivity contribution >= 4 is 17.5 Å². The number of alkyl halides is 1. The molecule has 0 radical (unpaired) electrons. The first kappa shape index (κ1) is 15.2. The van der Waals surface area contributed by atoms with E-state index in [-0.39, 0.29) is 36.4 Å². The molecule has 0 saturated heterocycles. The van der Waals surface area contributed by atoms with Gasteiger partial charge in [0.05, 0.1) is 0 Å². The van der Waals surface area contributed by atoms with Gasteiger partial charge in [-0.25, -0.2) is 0 Å². The van der Waals surface area contributed by atoms with Gasteiger partial charge in [-0.2, -0.15) is 0 Å². The lowest BCUT2D eigenvalue weighted by atomic mass is 10.1. The fraction of sp³-hybridized carbons (Fsp3) is 0.188. The first-order valence-electron chi connectivity index (χ1n) is 6.49. The summed E-state index contributed by atoms with van der Waals surface area (Å²) in [5.74, 6) is -0.159. The molecule has 110 valence electrons. The summed E-state index contributed by atoms with van der Waals surface area (Å²) in [5.41, 5.74) is 1.26. The maximum absolute atomic E-state index is 12.0. The van der Waals surface area contributed by atoms with Crippen LogP contribution in [-0.2, 0) is 17.9 Å². The Morgan fingerprint density at radius 1 is 0.905 bits per heavy atom. The van der Waals surface area contributed by atoms with Gasteiger partial charge < -0.3 is 15.1 Å². The number of carbonyl (C=O) groups is 1. The fourth-order valence-corrected chi connectivity index (χ4v) is 2.19. The standard InChI is InChI=1S/C16H16ClNO3/c17-9-16(21)18(10-12-5-1-3-7-14(12)19)11-13-6-2-4-8-15(13)20/h1-8,19-20H,9-11H2. The molecule has 2 aromatic carbocycles. The number of halogens is 1. The molecule has 2 rings (SSSR count). The summed E-state index contributed by atoms with van der Waals surface area (Å²) in [6, 6.07) is 13.6. The predicted molar refractivity (Wildman–Crippen MR) is 81.2 cm³/mol. The molecule has 0 aliphatic heterocycles. The quantitative estimate of drug-likeness (QED) is 0.835. The van der Waals surface area contributed by atoms with Gasteiger partial charge in [0.15, 0.2) is 0 Å². The second-order valence-electron chi connectivity index (χ2n) is 4.64. The lowest BCUT2D eigenvalue weighted by molar-refractivity contribution is -0.129. The molecule has 0 heterocycles. The summed E-state index contributed by atoms with van der Waals surface area (Å²) >= 11 is 5.64. The van der Waals surface area contributed by atoms with Crippen LogP contribution in [0.3, 0.4) is 0 Å². The van der Waals surface area contributed by atoms with Crippen LogP contribution in [0, 0.1) is 0 Å². The highest BCUT2D eigenvalue weighted by molar-refractivity contribution is 6.27. The second kappa shape index (κ2) is 6.99. The molecular weight excluding hydrogens is 290 g/mol. The van der Waals surface area contributed by atoms with Crippen LogP contribution in [0.25, 0.3) is 0 Å². The average molecular weight is 306 g/mol. The van der Waals surface area contributed by atoms with Crippen LogP contribution in [0.2, 0.25) is 0 Å². The van der Waals surface area contributed by atoms with E-state index in [9.17, 15) is 15.0 Å². The zero-order valence-electron chi connectivity index (χ0n) is 11.4. The average Bonchev–Trinajstić information content (AvgIpc) is 2.50. The Morgan fingerprint density at radius 3 is 1.71 bits per heavy atom. The second-order valence-corrected chi connectivity index (χ2v) is 4.91. The van der Waals surface area contributed by atoms with E-state index < -0.39 is 0 Å². The molecule has 2 N–H and O–H groups in total. The molecule has 4 nitrogen and oxygen atoms in total. The van der Waals surface area contributed by atoms with Crippen molar-refractivity contribution in [1.29, 1.82) is 0 Å². The zero-order chi connectivity index (χ0) is 15.2. The number of hydrogen-bond acceptors (Lipinski definition) is 3. The Hall–Kier alpha value is -2.20.